The first-order valence-corrected chi connectivity index (χ1v) is 3.79. The van der Waals surface area contributed by atoms with Gasteiger partial charge < -0.3 is 19.2 Å². The molecule has 0 saturated carbocycles. The van der Waals surface area contributed by atoms with E-state index >= 15 is 0 Å². The molecule has 0 fully saturated rings. The van der Waals surface area contributed by atoms with Crippen LogP contribution in [0.3, 0.4) is 0 Å². The van der Waals surface area contributed by atoms with E-state index in [2.05, 4.69) is 0 Å². The minimum Gasteiger partial charge on any atom is -0.672 e. The van der Waals surface area contributed by atoms with Gasteiger partial charge in [0.25, 0.3) is 0 Å². The van der Waals surface area contributed by atoms with Crippen LogP contribution in [0.5, 0.6) is 0 Å². The van der Waals surface area contributed by atoms with Crippen molar-refractivity contribution >= 4 is 9.17 Å². The first-order chi connectivity index (χ1) is 4.00. The molecule has 4 nitrogen and oxygen atoms in total. The first kappa shape index (κ1) is 22.9. The maximum absolute atomic E-state index is 8.52. The van der Waals surface area contributed by atoms with Gasteiger partial charge in [0.05, 0.1) is 6.10 Å². The molecule has 0 aliphatic heterocycles. The third-order valence-electron chi connectivity index (χ3n) is 0.591. The van der Waals surface area contributed by atoms with E-state index in [0.29, 0.717) is 0 Å². The van der Waals surface area contributed by atoms with E-state index < -0.39 is 9.17 Å². The number of hydrogen-bond donors (Lipinski definition) is 1. The molecule has 0 spiro atoms. The van der Waals surface area contributed by atoms with Gasteiger partial charge in [0.1, 0.15) is 0 Å². The molecule has 0 amide bonds. The summed E-state index contributed by atoms with van der Waals surface area (Å²) in [6.45, 7) is 3.73. The van der Waals surface area contributed by atoms with Gasteiger partial charge in [0.2, 0.25) is 0 Å². The zero-order chi connectivity index (χ0) is 7.86. The second-order valence-electron chi connectivity index (χ2n) is 1.51. The van der Waals surface area contributed by atoms with Crippen molar-refractivity contribution in [2.75, 3.05) is 0 Å². The van der Waals surface area contributed by atoms with E-state index in [4.69, 9.17) is 19.2 Å². The second kappa shape index (κ2) is 17.6. The summed E-state index contributed by atoms with van der Waals surface area (Å²) in [5.74, 6) is 0. The Morgan fingerprint density at radius 2 is 1.55 bits per heavy atom. The molecule has 0 radical (unpaired) electrons. The van der Waals surface area contributed by atoms with Gasteiger partial charge in [0.15, 0.2) is 0 Å². The minimum absolute atomic E-state index is 0. The van der Waals surface area contributed by atoms with Crippen LogP contribution >= 0.6 is 0 Å². The fourth-order valence-corrected chi connectivity index (χ4v) is 0. The van der Waals surface area contributed by atoms with Crippen molar-refractivity contribution in [3.63, 3.8) is 0 Å². The van der Waals surface area contributed by atoms with E-state index in [1.807, 2.05) is 6.92 Å². The molecule has 0 aromatic rings. The number of hydrogen-bond acceptors (Lipinski definition) is 4. The van der Waals surface area contributed by atoms with Gasteiger partial charge in [-0.05, 0) is 13.3 Å². The molecule has 0 aliphatic rings. The summed E-state index contributed by atoms with van der Waals surface area (Å²) in [6, 6.07) is 0. The quantitative estimate of drug-likeness (QED) is 0.422. The van der Waals surface area contributed by atoms with Crippen LogP contribution in [0.15, 0.2) is 0 Å². The summed E-state index contributed by atoms with van der Waals surface area (Å²) < 4.78 is 8.52. The largest absolute Gasteiger partial charge is 1.00 e. The van der Waals surface area contributed by atoms with Gasteiger partial charge in [-0.1, -0.05) is 6.92 Å². The van der Waals surface area contributed by atoms with Gasteiger partial charge in [-0.3, -0.25) is 0 Å². The molecular weight excluding hydrogens is 186 g/mol. The van der Waals surface area contributed by atoms with Crippen LogP contribution in [0.25, 0.3) is 0 Å². The van der Waals surface area contributed by atoms with Gasteiger partial charge >= 0.3 is 59.1 Å². The summed E-state index contributed by atoms with van der Waals surface area (Å²) in [5.41, 5.74) is 0. The summed E-state index contributed by atoms with van der Waals surface area (Å²) in [5, 5.41) is 8.36. The minimum atomic E-state index is -3.63. The van der Waals surface area contributed by atoms with Gasteiger partial charge in [-0.25, -0.2) is 0 Å². The third-order valence-corrected chi connectivity index (χ3v) is 0.591. The van der Waals surface area contributed by atoms with Crippen LogP contribution < -0.4 is 68.7 Å². The molecule has 0 rings (SSSR count). The molecule has 0 heterocycles. The Morgan fingerprint density at radius 3 is 1.55 bits per heavy atom. The van der Waals surface area contributed by atoms with Crippen molar-refractivity contribution in [3.8, 4) is 0 Å². The predicted molar refractivity (Wildman–Crippen MR) is 28.4 cm³/mol. The molecule has 0 saturated heterocycles. The summed E-state index contributed by atoms with van der Waals surface area (Å²) >= 11 is 0. The van der Waals surface area contributed by atoms with E-state index in [9.17, 15) is 0 Å². The molecule has 1 unspecified atom stereocenters. The van der Waals surface area contributed by atoms with E-state index in [1.165, 1.54) is 0 Å². The monoisotopic (exact) mass is 196 g/mol. The van der Waals surface area contributed by atoms with Crippen LogP contribution in [-0.2, 0) is 4.46 Å². The average molecular weight is 196 g/mol. The van der Waals surface area contributed by atoms with Gasteiger partial charge in [-0.2, -0.15) is 0 Å². The zero-order valence-electron chi connectivity index (χ0n) is 7.46. The topological polar surface area (TPSA) is 83.4 Å². The van der Waals surface area contributed by atoms with E-state index in [0.717, 1.165) is 6.42 Å². The summed E-state index contributed by atoms with van der Waals surface area (Å²) in [6.07, 6.45) is 0.745. The maximum atomic E-state index is 8.52. The molecule has 1 atom stereocenters. The van der Waals surface area contributed by atoms with Crippen molar-refractivity contribution in [3.05, 3.63) is 0 Å². The molecular formula is C4H10Na2O4Si. The van der Waals surface area contributed by atoms with Crippen molar-refractivity contribution < 1.29 is 78.3 Å². The van der Waals surface area contributed by atoms with Crippen LogP contribution in [0.2, 0.25) is 0 Å². The fourth-order valence-electron chi connectivity index (χ4n) is 0. The third kappa shape index (κ3) is 83.0. The van der Waals surface area contributed by atoms with Crippen LogP contribution in [-0.4, -0.2) is 20.4 Å². The predicted octanol–water partition coefficient (Wildman–Crippen LogP) is -8.09. The summed E-state index contributed by atoms with van der Waals surface area (Å²) in [7, 11) is -3.63. The zero-order valence-corrected chi connectivity index (χ0v) is 12.5. The fraction of sp³-hybridized carbons (Fsp3) is 1.00. The average Bonchev–Trinajstić information content (AvgIpc) is 1.65. The first-order valence-electron chi connectivity index (χ1n) is 2.56. The van der Waals surface area contributed by atoms with Crippen molar-refractivity contribution in [1.29, 1.82) is 0 Å². The molecule has 0 aromatic carbocycles. The maximum Gasteiger partial charge on any atom is 1.00 e. The van der Waals surface area contributed by atoms with Crippen LogP contribution in [0, 0.1) is 0 Å². The van der Waals surface area contributed by atoms with E-state index in [1.54, 1.807) is 6.92 Å². The van der Waals surface area contributed by atoms with Gasteiger partial charge in [0, 0.05) is 9.17 Å². The van der Waals surface area contributed by atoms with Crippen LogP contribution in [0.1, 0.15) is 20.3 Å². The van der Waals surface area contributed by atoms with Crippen LogP contribution in [0.4, 0.5) is 0 Å². The summed E-state index contributed by atoms with van der Waals surface area (Å²) in [4.78, 5) is 17.0. The van der Waals surface area contributed by atoms with Crippen molar-refractivity contribution in [2.24, 2.45) is 0 Å². The number of rotatable bonds is 1. The molecule has 0 bridgehead atoms. The Balaban J connectivity index is -0.0000000383. The second-order valence-corrected chi connectivity index (χ2v) is 2.01. The molecule has 56 valence electrons. The smallest absolute Gasteiger partial charge is 0.672 e. The number of aliphatic hydroxyl groups is 1. The Labute approximate surface area is 113 Å². The molecule has 0 aromatic heterocycles. The Morgan fingerprint density at radius 1 is 1.45 bits per heavy atom. The van der Waals surface area contributed by atoms with Crippen molar-refractivity contribution in [1.82, 2.24) is 0 Å². The Hall–Kier alpha value is 1.58. The molecule has 1 N–H and O–H groups in total. The van der Waals surface area contributed by atoms with Gasteiger partial charge in [-0.15, -0.1) is 0 Å². The standard InChI is InChI=1S/C4H10O.2Na.O3Si/c1-3-4(2)5;;;1-4(2)3/h4-5H,3H2,1-2H3;;;/q;2*+1;-2. The molecule has 11 heavy (non-hydrogen) atoms. The van der Waals surface area contributed by atoms with Crippen molar-refractivity contribution in [2.45, 2.75) is 26.4 Å². The normalized spacial score (nSPS) is 9.00. The Kier molecular flexibility index (Phi) is 36.7. The SMILES string of the molecule is CCC(C)O.O=[Si]([O-])[O-].[Na+].[Na+]. The van der Waals surface area contributed by atoms with E-state index in [-0.39, 0.29) is 65.2 Å². The molecule has 0 aliphatic carbocycles. The molecule has 7 heteroatoms. The number of aliphatic hydroxyl groups excluding tert-OH is 1. The Bertz CT molecular complexity index is 76.5.